The summed E-state index contributed by atoms with van der Waals surface area (Å²) in [6, 6.07) is 19.0. The van der Waals surface area contributed by atoms with E-state index in [1.807, 2.05) is 68.4 Å². The highest BCUT2D eigenvalue weighted by molar-refractivity contribution is 7.15. The minimum atomic E-state index is -0.110. The van der Waals surface area contributed by atoms with Gasteiger partial charge in [-0.25, -0.2) is 9.38 Å². The van der Waals surface area contributed by atoms with Crippen molar-refractivity contribution in [1.82, 2.24) is 9.38 Å². The van der Waals surface area contributed by atoms with Crippen LogP contribution in [0, 0.1) is 6.92 Å². The molecule has 0 aliphatic carbocycles. The molecule has 3 aromatic carbocycles. The lowest BCUT2D eigenvalue weighted by Crippen LogP contribution is -2.22. The van der Waals surface area contributed by atoms with Crippen LogP contribution in [0.3, 0.4) is 0 Å². The summed E-state index contributed by atoms with van der Waals surface area (Å²) in [5, 5.41) is 0.400. The number of rotatable bonds is 8. The highest BCUT2D eigenvalue weighted by Gasteiger charge is 2.14. The number of hydrogen-bond donors (Lipinski definition) is 0. The van der Waals surface area contributed by atoms with Gasteiger partial charge in [-0.1, -0.05) is 53.3 Å². The van der Waals surface area contributed by atoms with Crippen LogP contribution in [0.25, 0.3) is 22.1 Å². The lowest BCUT2D eigenvalue weighted by molar-refractivity contribution is 0.208. The van der Waals surface area contributed by atoms with E-state index in [-0.39, 0.29) is 5.56 Å². The first-order valence-corrected chi connectivity index (χ1v) is 12.4. The third-order valence-electron chi connectivity index (χ3n) is 5.46. The Hall–Kier alpha value is -3.55. The molecule has 0 atom stereocenters. The molecule has 6 nitrogen and oxygen atoms in total. The monoisotopic (exact) mass is 506 g/mol. The van der Waals surface area contributed by atoms with Gasteiger partial charge < -0.3 is 14.2 Å². The Morgan fingerprint density at radius 2 is 1.77 bits per heavy atom. The molecule has 2 aromatic heterocycles. The Morgan fingerprint density at radius 3 is 2.60 bits per heavy atom. The van der Waals surface area contributed by atoms with Gasteiger partial charge in [0.15, 0.2) is 16.5 Å². The fourth-order valence-corrected chi connectivity index (χ4v) is 5.11. The molecule has 178 valence electrons. The summed E-state index contributed by atoms with van der Waals surface area (Å²) < 4.78 is 19.7. The minimum Gasteiger partial charge on any atom is -0.490 e. The van der Waals surface area contributed by atoms with Gasteiger partial charge in [-0.2, -0.15) is 0 Å². The van der Waals surface area contributed by atoms with Crippen LogP contribution < -0.4 is 24.3 Å². The third kappa shape index (κ3) is 4.70. The Kier molecular flexibility index (Phi) is 6.61. The average molecular weight is 507 g/mol. The first kappa shape index (κ1) is 23.2. The smallest absolute Gasteiger partial charge is 0.274 e. The predicted octanol–water partition coefficient (Wildman–Crippen LogP) is 5.28. The van der Waals surface area contributed by atoms with Gasteiger partial charge in [0, 0.05) is 0 Å². The number of hydrogen-bond acceptors (Lipinski definition) is 6. The van der Waals surface area contributed by atoms with Gasteiger partial charge in [0.2, 0.25) is 0 Å². The fourth-order valence-electron chi connectivity index (χ4n) is 3.85. The van der Waals surface area contributed by atoms with Gasteiger partial charge in [0.1, 0.15) is 19.0 Å². The number of nitrogens with zero attached hydrogens (tertiary/aromatic N) is 2. The zero-order chi connectivity index (χ0) is 24.4. The van der Waals surface area contributed by atoms with E-state index < -0.39 is 0 Å². The van der Waals surface area contributed by atoms with E-state index in [1.54, 1.807) is 16.5 Å². The number of para-hydroxylation sites is 3. The molecule has 8 heteroatoms. The number of fused-ring (bicyclic) bond motifs is 3. The quantitative estimate of drug-likeness (QED) is 0.268. The fraction of sp³-hybridized carbons (Fsp3) is 0.185. The second-order valence-electron chi connectivity index (χ2n) is 7.86. The number of aromatic nitrogens is 2. The van der Waals surface area contributed by atoms with Crippen LogP contribution in [-0.2, 0) is 0 Å². The second kappa shape index (κ2) is 9.98. The number of benzene rings is 3. The lowest BCUT2D eigenvalue weighted by atomic mass is 10.2. The van der Waals surface area contributed by atoms with E-state index in [9.17, 15) is 4.79 Å². The van der Waals surface area contributed by atoms with Crippen molar-refractivity contribution in [3.8, 4) is 17.2 Å². The Bertz CT molecular complexity index is 1630. The summed E-state index contributed by atoms with van der Waals surface area (Å²) in [4.78, 5) is 18.3. The largest absolute Gasteiger partial charge is 0.490 e. The molecule has 35 heavy (non-hydrogen) atoms. The topological polar surface area (TPSA) is 62.1 Å². The summed E-state index contributed by atoms with van der Waals surface area (Å²) >= 11 is 7.92. The standard InChI is InChI=1S/C27H23ClN2O4S/c1-3-32-23-15-18(14-19(28)25(23)34-13-12-33-22-11-7-4-8-17(22)2)16-24-26(31)30-21-10-6-5-9-20(21)29-27(30)35-24/h4-11,14-16H,3,12-13H2,1-2H3/b24-16-. The summed E-state index contributed by atoms with van der Waals surface area (Å²) in [5.41, 5.74) is 3.30. The molecule has 0 aliphatic rings. The first-order chi connectivity index (χ1) is 17.0. The van der Waals surface area contributed by atoms with Gasteiger partial charge in [-0.05, 0) is 61.4 Å². The van der Waals surface area contributed by atoms with Gasteiger partial charge in [0.05, 0.1) is 27.2 Å². The molecular weight excluding hydrogens is 484 g/mol. The maximum absolute atomic E-state index is 13.1. The number of ether oxygens (including phenoxy) is 3. The summed E-state index contributed by atoms with van der Waals surface area (Å²) in [7, 11) is 0. The predicted molar refractivity (Wildman–Crippen MR) is 140 cm³/mol. The molecule has 0 aliphatic heterocycles. The molecule has 5 aromatic rings. The van der Waals surface area contributed by atoms with Crippen molar-refractivity contribution in [1.29, 1.82) is 0 Å². The highest BCUT2D eigenvalue weighted by Crippen LogP contribution is 2.37. The second-order valence-corrected chi connectivity index (χ2v) is 9.28. The van der Waals surface area contributed by atoms with Crippen molar-refractivity contribution in [3.63, 3.8) is 0 Å². The van der Waals surface area contributed by atoms with Crippen molar-refractivity contribution in [2.45, 2.75) is 13.8 Å². The number of imidazole rings is 1. The lowest BCUT2D eigenvalue weighted by Gasteiger charge is -2.15. The van der Waals surface area contributed by atoms with E-state index in [0.29, 0.717) is 45.8 Å². The number of aryl methyl sites for hydroxylation is 1. The molecule has 0 bridgehead atoms. The first-order valence-electron chi connectivity index (χ1n) is 11.2. The van der Waals surface area contributed by atoms with Crippen LogP contribution >= 0.6 is 22.9 Å². The molecule has 2 heterocycles. The van der Waals surface area contributed by atoms with E-state index in [1.165, 1.54) is 11.3 Å². The molecule has 0 unspecified atom stereocenters. The van der Waals surface area contributed by atoms with E-state index in [4.69, 9.17) is 25.8 Å². The molecule has 0 saturated heterocycles. The van der Waals surface area contributed by atoms with Gasteiger partial charge in [-0.15, -0.1) is 0 Å². The molecule has 5 rings (SSSR count). The Labute approximate surface area is 211 Å². The summed E-state index contributed by atoms with van der Waals surface area (Å²) in [5.74, 6) is 1.79. The van der Waals surface area contributed by atoms with Crippen LogP contribution in [0.15, 0.2) is 65.5 Å². The molecule has 0 radical (unpaired) electrons. The van der Waals surface area contributed by atoms with Crippen molar-refractivity contribution in [2.75, 3.05) is 19.8 Å². The number of thiazole rings is 1. The minimum absolute atomic E-state index is 0.110. The van der Waals surface area contributed by atoms with Crippen LogP contribution in [0.4, 0.5) is 0 Å². The average Bonchev–Trinajstić information content (AvgIpc) is 3.35. The van der Waals surface area contributed by atoms with Crippen molar-refractivity contribution in [3.05, 3.63) is 91.7 Å². The Morgan fingerprint density at radius 1 is 1.00 bits per heavy atom. The number of halogens is 1. The van der Waals surface area contributed by atoms with E-state index >= 15 is 0 Å². The Balaban J connectivity index is 1.41. The summed E-state index contributed by atoms with van der Waals surface area (Å²) in [6.45, 7) is 5.00. The SMILES string of the molecule is CCOc1cc(/C=c2\sc3nc4ccccc4n3c2=O)cc(Cl)c1OCCOc1ccccc1C. The van der Waals surface area contributed by atoms with Crippen molar-refractivity contribution >= 4 is 45.0 Å². The molecule has 0 amide bonds. The molecule has 0 fully saturated rings. The molecule has 0 N–H and O–H groups in total. The van der Waals surface area contributed by atoms with Crippen LogP contribution in [0.2, 0.25) is 5.02 Å². The van der Waals surface area contributed by atoms with Crippen LogP contribution in [-0.4, -0.2) is 29.2 Å². The molecule has 0 spiro atoms. The van der Waals surface area contributed by atoms with Crippen LogP contribution in [0.5, 0.6) is 17.2 Å². The highest BCUT2D eigenvalue weighted by atomic mass is 35.5. The van der Waals surface area contributed by atoms with Crippen molar-refractivity contribution < 1.29 is 14.2 Å². The van der Waals surface area contributed by atoms with Gasteiger partial charge >= 0.3 is 0 Å². The maximum Gasteiger partial charge on any atom is 0.274 e. The van der Waals surface area contributed by atoms with Gasteiger partial charge in [0.25, 0.3) is 5.56 Å². The third-order valence-corrected chi connectivity index (χ3v) is 6.71. The zero-order valence-corrected chi connectivity index (χ0v) is 20.9. The van der Waals surface area contributed by atoms with E-state index in [0.717, 1.165) is 27.9 Å². The maximum atomic E-state index is 13.1. The van der Waals surface area contributed by atoms with Crippen LogP contribution in [0.1, 0.15) is 18.1 Å². The zero-order valence-electron chi connectivity index (χ0n) is 19.3. The molecule has 0 saturated carbocycles. The normalized spacial score (nSPS) is 11.9. The summed E-state index contributed by atoms with van der Waals surface area (Å²) in [6.07, 6.45) is 1.80. The molecular formula is C27H23ClN2O4S. The van der Waals surface area contributed by atoms with Crippen molar-refractivity contribution in [2.24, 2.45) is 0 Å². The van der Waals surface area contributed by atoms with Gasteiger partial charge in [-0.3, -0.25) is 4.79 Å². The van der Waals surface area contributed by atoms with E-state index in [2.05, 4.69) is 4.98 Å².